The van der Waals surface area contributed by atoms with Crippen molar-refractivity contribution in [1.82, 2.24) is 9.97 Å². The predicted octanol–water partition coefficient (Wildman–Crippen LogP) is 2.42. The van der Waals surface area contributed by atoms with Crippen molar-refractivity contribution in [3.8, 4) is 11.6 Å². The molecule has 94 valence electrons. The molecule has 1 aromatic carbocycles. The van der Waals surface area contributed by atoms with Crippen LogP contribution in [0.25, 0.3) is 0 Å². The number of aliphatic hydroxyl groups excluding tert-OH is 1. The maximum Gasteiger partial charge on any atom is 0.222 e. The molecule has 2 aromatic rings. The zero-order valence-corrected chi connectivity index (χ0v) is 10.6. The Morgan fingerprint density at radius 2 is 1.83 bits per heavy atom. The van der Waals surface area contributed by atoms with Gasteiger partial charge < -0.3 is 9.84 Å². The van der Waals surface area contributed by atoms with Crippen LogP contribution < -0.4 is 4.74 Å². The van der Waals surface area contributed by atoms with E-state index in [1.807, 2.05) is 38.1 Å². The molecule has 0 aliphatic carbocycles. The van der Waals surface area contributed by atoms with E-state index in [2.05, 4.69) is 9.97 Å². The third-order valence-electron chi connectivity index (χ3n) is 2.49. The fourth-order valence-corrected chi connectivity index (χ4v) is 1.71. The van der Waals surface area contributed by atoms with Crippen molar-refractivity contribution in [3.05, 3.63) is 47.4 Å². The van der Waals surface area contributed by atoms with Gasteiger partial charge in [-0.15, -0.1) is 0 Å². The summed E-state index contributed by atoms with van der Waals surface area (Å²) in [5.41, 5.74) is 1.97. The number of nitrogens with zero attached hydrogens (tertiary/aromatic N) is 2. The molecular formula is C14H16N2O2. The molecule has 18 heavy (non-hydrogen) atoms. The van der Waals surface area contributed by atoms with E-state index in [0.29, 0.717) is 18.1 Å². The molecule has 4 heteroatoms. The quantitative estimate of drug-likeness (QED) is 0.897. The molecule has 1 heterocycles. The standard InChI is InChI=1S/C14H16N2O2/c1-10-9-14(16-11(2)15-10)18-13-5-3-12(4-6-13)7-8-17/h3-6,9,17H,7-8H2,1-2H3. The number of hydrogen-bond acceptors (Lipinski definition) is 4. The van der Waals surface area contributed by atoms with Gasteiger partial charge in [0.05, 0.1) is 0 Å². The molecule has 0 bridgehead atoms. The molecule has 0 unspecified atom stereocenters. The molecule has 0 atom stereocenters. The second kappa shape index (κ2) is 5.60. The second-order valence-electron chi connectivity index (χ2n) is 4.11. The Kier molecular flexibility index (Phi) is 3.89. The van der Waals surface area contributed by atoms with Gasteiger partial charge in [0.2, 0.25) is 5.88 Å². The summed E-state index contributed by atoms with van der Waals surface area (Å²) >= 11 is 0. The number of aliphatic hydroxyl groups is 1. The summed E-state index contributed by atoms with van der Waals surface area (Å²) in [6.45, 7) is 3.90. The molecule has 1 N–H and O–H groups in total. The van der Waals surface area contributed by atoms with Crippen molar-refractivity contribution < 1.29 is 9.84 Å². The van der Waals surface area contributed by atoms with Gasteiger partial charge in [-0.25, -0.2) is 4.98 Å². The summed E-state index contributed by atoms with van der Waals surface area (Å²) in [5, 5.41) is 8.84. The van der Waals surface area contributed by atoms with Crippen LogP contribution >= 0.6 is 0 Å². The highest BCUT2D eigenvalue weighted by atomic mass is 16.5. The second-order valence-corrected chi connectivity index (χ2v) is 4.11. The summed E-state index contributed by atoms with van der Waals surface area (Å²) < 4.78 is 5.66. The highest BCUT2D eigenvalue weighted by molar-refractivity contribution is 5.31. The van der Waals surface area contributed by atoms with Crippen LogP contribution in [-0.2, 0) is 6.42 Å². The molecule has 0 aliphatic heterocycles. The molecule has 0 spiro atoms. The van der Waals surface area contributed by atoms with Crippen LogP contribution in [0.4, 0.5) is 0 Å². The Balaban J connectivity index is 2.13. The Morgan fingerprint density at radius 1 is 1.11 bits per heavy atom. The number of aromatic nitrogens is 2. The van der Waals surface area contributed by atoms with Crippen molar-refractivity contribution in [2.45, 2.75) is 20.3 Å². The van der Waals surface area contributed by atoms with Crippen LogP contribution in [0.1, 0.15) is 17.1 Å². The van der Waals surface area contributed by atoms with Crippen LogP contribution in [0, 0.1) is 13.8 Å². The zero-order chi connectivity index (χ0) is 13.0. The lowest BCUT2D eigenvalue weighted by Gasteiger charge is -2.07. The first-order chi connectivity index (χ1) is 8.67. The zero-order valence-electron chi connectivity index (χ0n) is 10.6. The van der Waals surface area contributed by atoms with Gasteiger partial charge in [-0.1, -0.05) is 12.1 Å². The molecule has 0 fully saturated rings. The molecule has 0 aliphatic rings. The number of benzene rings is 1. The van der Waals surface area contributed by atoms with Gasteiger partial charge >= 0.3 is 0 Å². The van der Waals surface area contributed by atoms with Crippen molar-refractivity contribution in [3.63, 3.8) is 0 Å². The Morgan fingerprint density at radius 3 is 2.44 bits per heavy atom. The molecule has 0 radical (unpaired) electrons. The van der Waals surface area contributed by atoms with Gasteiger partial charge in [0.1, 0.15) is 11.6 Å². The minimum Gasteiger partial charge on any atom is -0.439 e. The van der Waals surface area contributed by atoms with Crippen LogP contribution in [0.15, 0.2) is 30.3 Å². The average Bonchev–Trinajstić information content (AvgIpc) is 2.31. The van der Waals surface area contributed by atoms with E-state index in [9.17, 15) is 0 Å². The van der Waals surface area contributed by atoms with E-state index in [1.165, 1.54) is 0 Å². The SMILES string of the molecule is Cc1cc(Oc2ccc(CCO)cc2)nc(C)n1. The number of ether oxygens (including phenoxy) is 1. The lowest BCUT2D eigenvalue weighted by molar-refractivity contribution is 0.299. The van der Waals surface area contributed by atoms with Crippen molar-refractivity contribution in [1.29, 1.82) is 0 Å². The van der Waals surface area contributed by atoms with Crippen LogP contribution in [0.5, 0.6) is 11.6 Å². The first kappa shape index (κ1) is 12.5. The smallest absolute Gasteiger partial charge is 0.222 e. The van der Waals surface area contributed by atoms with Crippen molar-refractivity contribution in [2.75, 3.05) is 6.61 Å². The summed E-state index contributed by atoms with van der Waals surface area (Å²) in [4.78, 5) is 8.41. The fourth-order valence-electron chi connectivity index (χ4n) is 1.71. The van der Waals surface area contributed by atoms with E-state index >= 15 is 0 Å². The van der Waals surface area contributed by atoms with Gasteiger partial charge in [-0.3, -0.25) is 0 Å². The summed E-state index contributed by atoms with van der Waals surface area (Å²) in [6.07, 6.45) is 0.659. The molecule has 0 saturated heterocycles. The van der Waals surface area contributed by atoms with E-state index in [1.54, 1.807) is 6.07 Å². The molecule has 0 saturated carbocycles. The van der Waals surface area contributed by atoms with Gasteiger partial charge in [-0.2, -0.15) is 4.98 Å². The third kappa shape index (κ3) is 3.28. The largest absolute Gasteiger partial charge is 0.439 e. The maximum absolute atomic E-state index is 8.84. The molecule has 0 amide bonds. The fraction of sp³-hybridized carbons (Fsp3) is 0.286. The van der Waals surface area contributed by atoms with Gasteiger partial charge in [0.15, 0.2) is 0 Å². The topological polar surface area (TPSA) is 55.2 Å². The van der Waals surface area contributed by atoms with Gasteiger partial charge in [0.25, 0.3) is 0 Å². The summed E-state index contributed by atoms with van der Waals surface area (Å²) in [5.74, 6) is 1.98. The third-order valence-corrected chi connectivity index (χ3v) is 2.49. The number of rotatable bonds is 4. The average molecular weight is 244 g/mol. The Labute approximate surface area is 106 Å². The normalized spacial score (nSPS) is 10.4. The summed E-state index contributed by atoms with van der Waals surface area (Å²) in [7, 11) is 0. The maximum atomic E-state index is 8.84. The monoisotopic (exact) mass is 244 g/mol. The predicted molar refractivity (Wildman–Crippen MR) is 68.8 cm³/mol. The summed E-state index contributed by atoms with van der Waals surface area (Å²) in [6, 6.07) is 9.42. The van der Waals surface area contributed by atoms with E-state index in [-0.39, 0.29) is 6.61 Å². The lowest BCUT2D eigenvalue weighted by atomic mass is 10.1. The van der Waals surface area contributed by atoms with Crippen molar-refractivity contribution >= 4 is 0 Å². The van der Waals surface area contributed by atoms with E-state index in [0.717, 1.165) is 17.0 Å². The highest BCUT2D eigenvalue weighted by Crippen LogP contribution is 2.20. The molecular weight excluding hydrogens is 228 g/mol. The van der Waals surface area contributed by atoms with Gasteiger partial charge in [-0.05, 0) is 38.0 Å². The van der Waals surface area contributed by atoms with E-state index < -0.39 is 0 Å². The van der Waals surface area contributed by atoms with Crippen LogP contribution in [-0.4, -0.2) is 21.7 Å². The Bertz CT molecular complexity index is 504. The van der Waals surface area contributed by atoms with Crippen molar-refractivity contribution in [2.24, 2.45) is 0 Å². The first-order valence-electron chi connectivity index (χ1n) is 5.87. The lowest BCUT2D eigenvalue weighted by Crippen LogP contribution is -1.95. The van der Waals surface area contributed by atoms with E-state index in [4.69, 9.17) is 9.84 Å². The molecule has 4 nitrogen and oxygen atoms in total. The van der Waals surface area contributed by atoms with Crippen LogP contribution in [0.2, 0.25) is 0 Å². The minimum atomic E-state index is 0.157. The molecule has 1 aromatic heterocycles. The highest BCUT2D eigenvalue weighted by Gasteiger charge is 2.02. The number of hydrogen-bond donors (Lipinski definition) is 1. The van der Waals surface area contributed by atoms with Gasteiger partial charge in [0, 0.05) is 18.4 Å². The first-order valence-corrected chi connectivity index (χ1v) is 5.87. The molecule has 2 rings (SSSR count). The number of aryl methyl sites for hydroxylation is 2. The van der Waals surface area contributed by atoms with Crippen LogP contribution in [0.3, 0.4) is 0 Å². The Hall–Kier alpha value is -1.94. The minimum absolute atomic E-state index is 0.157.